The number of piperidine rings is 1. The molecule has 1 saturated carbocycles. The van der Waals surface area contributed by atoms with E-state index in [1.54, 1.807) is 34.0 Å². The molecule has 0 radical (unpaired) electrons. The topological polar surface area (TPSA) is 195 Å². The van der Waals surface area contributed by atoms with Gasteiger partial charge in [-0.25, -0.2) is 4.79 Å². The van der Waals surface area contributed by atoms with E-state index in [9.17, 15) is 34.5 Å². The molecule has 4 bridgehead atoms. The first-order chi connectivity index (χ1) is 31.1. The maximum atomic E-state index is 16.0. The second-order valence-corrected chi connectivity index (χ2v) is 20.4. The summed E-state index contributed by atoms with van der Waals surface area (Å²) >= 11 is 0. The van der Waals surface area contributed by atoms with Crippen LogP contribution in [0.2, 0.25) is 0 Å². The van der Waals surface area contributed by atoms with Crippen LogP contribution in [0.3, 0.4) is 0 Å². The number of hydrogen-bond acceptors (Lipinski definition) is 13. The van der Waals surface area contributed by atoms with Crippen molar-refractivity contribution >= 4 is 29.2 Å². The molecular formula is C52H79NO13. The number of carbonyl (C=O) groups excluding carboxylic acids is 5. The van der Waals surface area contributed by atoms with Crippen LogP contribution in [-0.2, 0) is 47.7 Å². The lowest BCUT2D eigenvalue weighted by atomic mass is 9.51. The van der Waals surface area contributed by atoms with Gasteiger partial charge >= 0.3 is 5.97 Å². The van der Waals surface area contributed by atoms with E-state index in [2.05, 4.69) is 13.0 Å². The number of ketones is 3. The molecule has 3 aliphatic heterocycles. The molecule has 0 aromatic rings. The van der Waals surface area contributed by atoms with E-state index in [0.29, 0.717) is 56.9 Å². The Labute approximate surface area is 392 Å². The van der Waals surface area contributed by atoms with Crippen LogP contribution in [0.5, 0.6) is 0 Å². The van der Waals surface area contributed by atoms with Crippen molar-refractivity contribution in [2.45, 2.75) is 181 Å². The number of aliphatic hydroxyl groups is 3. The average molecular weight is 926 g/mol. The van der Waals surface area contributed by atoms with Crippen LogP contribution < -0.4 is 0 Å². The predicted molar refractivity (Wildman–Crippen MR) is 248 cm³/mol. The standard InChI is InChI=1S/C52H79NO13/c1-29-15-14-16-30(2)24-35(7)51(37-19-21-40(54)44(26-37)63-10)36(8)43(28-41(55)31(3)25-33(5)45(56)46(64-11)47(51)57)65-50(60)39-17-12-13-22-53(39)49(59)48(58)52(61)34(6)18-20-38(66-52)27-42(62-9)32(4)23-29/h14-16,23,25,30-31,34-40,42-46,54,56,61H,12-13,17-22,24,26-28H2,1-11H3/b16-14+,29-15-,32-23+,33-25-/t30-,31-,34-,35-,36+,37-,38+,39-,40-,42+,43+,44-,45-,46-,51?,52-/m1/s1. The summed E-state index contributed by atoms with van der Waals surface area (Å²) in [6.45, 7) is 14.9. The first-order valence-corrected chi connectivity index (χ1v) is 24.3. The number of carbonyl (C=O) groups is 5. The number of hydrogen-bond donors (Lipinski definition) is 3. The van der Waals surface area contributed by atoms with Crippen molar-refractivity contribution in [1.29, 1.82) is 0 Å². The molecule has 5 aliphatic rings. The third-order valence-corrected chi connectivity index (χ3v) is 16.0. The quantitative estimate of drug-likeness (QED) is 0.165. The molecule has 14 heteroatoms. The third-order valence-electron chi connectivity index (χ3n) is 16.0. The highest BCUT2D eigenvalue weighted by Gasteiger charge is 2.60. The Morgan fingerprint density at radius 1 is 0.803 bits per heavy atom. The monoisotopic (exact) mass is 926 g/mol. The van der Waals surface area contributed by atoms with Gasteiger partial charge in [-0.3, -0.25) is 19.2 Å². The molecule has 1 amide bonds. The van der Waals surface area contributed by atoms with Crippen LogP contribution in [0.4, 0.5) is 0 Å². The Hall–Kier alpha value is -3.37. The summed E-state index contributed by atoms with van der Waals surface area (Å²) in [5, 5.41) is 35.1. The Balaban J connectivity index is 1.74. The van der Waals surface area contributed by atoms with Crippen molar-refractivity contribution < 1.29 is 63.0 Å². The summed E-state index contributed by atoms with van der Waals surface area (Å²) in [6, 6.07) is -1.24. The van der Waals surface area contributed by atoms with Gasteiger partial charge in [-0.1, -0.05) is 70.6 Å². The first kappa shape index (κ1) is 53.6. The van der Waals surface area contributed by atoms with Gasteiger partial charge in [-0.15, -0.1) is 0 Å². The Morgan fingerprint density at radius 3 is 2.18 bits per heavy atom. The number of Topliss-reactive ketones (excluding diaryl/α,β-unsaturated/α-hetero) is 3. The highest BCUT2D eigenvalue weighted by atomic mass is 16.6. The molecule has 14 nitrogen and oxygen atoms in total. The van der Waals surface area contributed by atoms with E-state index < -0.39 is 113 Å². The Morgan fingerprint density at radius 2 is 1.52 bits per heavy atom. The summed E-state index contributed by atoms with van der Waals surface area (Å²) in [5.41, 5.74) is 0.786. The molecule has 2 saturated heterocycles. The molecule has 66 heavy (non-hydrogen) atoms. The first-order valence-electron chi connectivity index (χ1n) is 24.3. The molecule has 370 valence electrons. The molecule has 3 fully saturated rings. The maximum Gasteiger partial charge on any atom is 0.329 e. The van der Waals surface area contributed by atoms with Crippen molar-refractivity contribution in [3.8, 4) is 0 Å². The van der Waals surface area contributed by atoms with Crippen molar-refractivity contribution in [2.24, 2.45) is 40.9 Å². The summed E-state index contributed by atoms with van der Waals surface area (Å²) < 4.78 is 30.5. The largest absolute Gasteiger partial charge is 0.460 e. The minimum absolute atomic E-state index is 0.0438. The van der Waals surface area contributed by atoms with Gasteiger partial charge in [-0.05, 0) is 107 Å². The van der Waals surface area contributed by atoms with E-state index in [1.807, 2.05) is 45.9 Å². The number of rotatable bonds is 4. The van der Waals surface area contributed by atoms with Gasteiger partial charge in [0.1, 0.15) is 30.1 Å². The Kier molecular flexibility index (Phi) is 18.5. The normalized spacial score (nSPS) is 44.0. The molecule has 3 heterocycles. The highest BCUT2D eigenvalue weighted by Crippen LogP contribution is 2.55. The van der Waals surface area contributed by atoms with Crippen LogP contribution in [0.25, 0.3) is 0 Å². The van der Waals surface area contributed by atoms with E-state index in [0.717, 1.165) is 11.1 Å². The van der Waals surface area contributed by atoms with Crippen LogP contribution in [-0.4, -0.2) is 132 Å². The van der Waals surface area contributed by atoms with Crippen LogP contribution in [0.1, 0.15) is 126 Å². The highest BCUT2D eigenvalue weighted by molar-refractivity contribution is 6.39. The van der Waals surface area contributed by atoms with E-state index in [4.69, 9.17) is 23.7 Å². The zero-order valence-corrected chi connectivity index (χ0v) is 41.3. The second-order valence-electron chi connectivity index (χ2n) is 20.4. The van der Waals surface area contributed by atoms with Crippen LogP contribution >= 0.6 is 0 Å². The van der Waals surface area contributed by atoms with Gasteiger partial charge in [0.05, 0.1) is 24.4 Å². The number of esters is 1. The number of nitrogens with zero attached hydrogens (tertiary/aromatic N) is 1. The third kappa shape index (κ3) is 11.2. The molecule has 0 aromatic heterocycles. The van der Waals surface area contributed by atoms with Crippen LogP contribution in [0.15, 0.2) is 47.1 Å². The summed E-state index contributed by atoms with van der Waals surface area (Å²) in [4.78, 5) is 75.3. The predicted octanol–water partition coefficient (Wildman–Crippen LogP) is 6.18. The fraction of sp³-hybridized carbons (Fsp3) is 0.750. The molecule has 0 aromatic carbocycles. The minimum atomic E-state index is -2.46. The fourth-order valence-corrected chi connectivity index (χ4v) is 12.0. The number of amides is 1. The fourth-order valence-electron chi connectivity index (χ4n) is 12.0. The van der Waals surface area contributed by atoms with Gasteiger partial charge < -0.3 is 43.9 Å². The summed E-state index contributed by atoms with van der Waals surface area (Å²) in [5.74, 6) is -9.62. The molecule has 16 atom stereocenters. The molecule has 3 N–H and O–H groups in total. The zero-order chi connectivity index (χ0) is 48.8. The van der Waals surface area contributed by atoms with Gasteiger partial charge in [0, 0.05) is 63.9 Å². The zero-order valence-electron chi connectivity index (χ0n) is 41.3. The van der Waals surface area contributed by atoms with Gasteiger partial charge in [-0.2, -0.15) is 0 Å². The molecule has 5 rings (SSSR count). The Bertz CT molecular complexity index is 1890. The van der Waals surface area contributed by atoms with E-state index >= 15 is 4.79 Å². The number of aliphatic hydroxyl groups excluding tert-OH is 2. The van der Waals surface area contributed by atoms with Crippen LogP contribution in [0, 0.1) is 40.9 Å². The lowest BCUT2D eigenvalue weighted by Gasteiger charge is -2.54. The van der Waals surface area contributed by atoms with E-state index in [-0.39, 0.29) is 37.5 Å². The lowest BCUT2D eigenvalue weighted by Crippen LogP contribution is -2.62. The number of ether oxygens (including phenoxy) is 5. The molecular weight excluding hydrogens is 847 g/mol. The second kappa shape index (κ2) is 22.8. The van der Waals surface area contributed by atoms with Crippen molar-refractivity contribution in [2.75, 3.05) is 27.9 Å². The molecule has 0 spiro atoms. The van der Waals surface area contributed by atoms with Crippen molar-refractivity contribution in [3.63, 3.8) is 0 Å². The summed E-state index contributed by atoms with van der Waals surface area (Å²) in [7, 11) is 4.50. The van der Waals surface area contributed by atoms with Gasteiger partial charge in [0.15, 0.2) is 5.78 Å². The smallest absolute Gasteiger partial charge is 0.329 e. The SMILES string of the molecule is CO[C@H]1C[C@@H]2CC[C@@H](C)[C@@](O)(O2)C(=O)C(=O)N2CCCC[C@@H]2C(=O)O[C@H]2CC(=O)[C@H](C)/C=C(/C)[C@@H](O)[C@@H](OC)C(=O)C([C@@H]3CC[C@@H](O)[C@H](OC)C3)([C@H](C)C[C@H](C)/C=C/C=C(C)\C=C\1C)[C@H]2C. The number of methoxy groups -OCH3 is 3. The van der Waals surface area contributed by atoms with E-state index in [1.165, 1.54) is 19.1 Å². The van der Waals surface area contributed by atoms with Gasteiger partial charge in [0.2, 0.25) is 5.79 Å². The molecule has 2 aliphatic carbocycles. The van der Waals surface area contributed by atoms with Crippen molar-refractivity contribution in [1.82, 2.24) is 4.90 Å². The number of fused-ring (bicyclic) bond motifs is 5. The maximum absolute atomic E-state index is 16.0. The lowest BCUT2D eigenvalue weighted by molar-refractivity contribution is -0.265. The van der Waals surface area contributed by atoms with Crippen molar-refractivity contribution in [3.05, 3.63) is 47.1 Å². The average Bonchev–Trinajstić information content (AvgIpc) is 3.29. The minimum Gasteiger partial charge on any atom is -0.460 e. The molecule has 1 unspecified atom stereocenters. The number of allylic oxidation sites excluding steroid dienone is 6. The van der Waals surface area contributed by atoms with Gasteiger partial charge in [0.25, 0.3) is 11.7 Å². The summed E-state index contributed by atoms with van der Waals surface area (Å²) in [6.07, 6.45) is 6.85.